The highest BCUT2D eigenvalue weighted by Crippen LogP contribution is 2.36. The zero-order valence-electron chi connectivity index (χ0n) is 11.9. The van der Waals surface area contributed by atoms with Crippen molar-refractivity contribution >= 4 is 0 Å². The fourth-order valence-corrected chi connectivity index (χ4v) is 3.99. The number of piperidine rings is 1. The Balaban J connectivity index is 2.03. The number of likely N-dealkylation sites (tertiary alicyclic amines) is 1. The molecule has 0 aromatic carbocycles. The van der Waals surface area contributed by atoms with E-state index in [4.69, 9.17) is 5.73 Å². The first-order valence-electron chi connectivity index (χ1n) is 7.61. The molecule has 0 aromatic heterocycles. The molecule has 5 atom stereocenters. The van der Waals surface area contributed by atoms with Crippen LogP contribution in [0.4, 0.5) is 0 Å². The minimum absolute atomic E-state index is 0.657. The molecule has 1 aliphatic heterocycles. The van der Waals surface area contributed by atoms with E-state index in [2.05, 4.69) is 25.7 Å². The molecule has 0 bridgehead atoms. The first kappa shape index (κ1) is 13.4. The Morgan fingerprint density at radius 2 is 1.76 bits per heavy atom. The molecule has 17 heavy (non-hydrogen) atoms. The van der Waals surface area contributed by atoms with Gasteiger partial charge in [-0.25, -0.2) is 0 Å². The standard InChI is InChI=1S/C15H30N2/c1-11-7-8-14(9-12(11)2)17-13(3)5-4-6-15(17)10-16/h11-15H,4-10,16H2,1-3H3. The summed E-state index contributed by atoms with van der Waals surface area (Å²) in [5.74, 6) is 1.81. The second-order valence-electron chi connectivity index (χ2n) is 6.54. The molecule has 1 aliphatic carbocycles. The van der Waals surface area contributed by atoms with Gasteiger partial charge in [0.1, 0.15) is 0 Å². The number of nitrogens with zero attached hydrogens (tertiary/aromatic N) is 1. The summed E-state index contributed by atoms with van der Waals surface area (Å²) in [6, 6.07) is 2.22. The lowest BCUT2D eigenvalue weighted by molar-refractivity contribution is 0.0141. The highest BCUT2D eigenvalue weighted by Gasteiger charge is 2.36. The summed E-state index contributed by atoms with van der Waals surface area (Å²) in [4.78, 5) is 2.78. The fourth-order valence-electron chi connectivity index (χ4n) is 3.99. The van der Waals surface area contributed by atoms with Gasteiger partial charge >= 0.3 is 0 Å². The summed E-state index contributed by atoms with van der Waals surface area (Å²) in [5, 5.41) is 0. The molecular formula is C15H30N2. The minimum atomic E-state index is 0.657. The maximum absolute atomic E-state index is 5.98. The van der Waals surface area contributed by atoms with Crippen molar-refractivity contribution in [3.05, 3.63) is 0 Å². The van der Waals surface area contributed by atoms with Crippen LogP contribution in [0.25, 0.3) is 0 Å². The SMILES string of the molecule is CC1CCC(N2C(C)CCCC2CN)CC1C. The van der Waals surface area contributed by atoms with E-state index in [0.29, 0.717) is 6.04 Å². The van der Waals surface area contributed by atoms with Gasteiger partial charge in [0, 0.05) is 24.7 Å². The molecule has 2 heteroatoms. The van der Waals surface area contributed by atoms with Gasteiger partial charge in [-0.15, -0.1) is 0 Å². The Hall–Kier alpha value is -0.0800. The molecule has 2 fully saturated rings. The maximum atomic E-state index is 5.98. The molecule has 2 rings (SSSR count). The number of nitrogens with two attached hydrogens (primary N) is 1. The minimum Gasteiger partial charge on any atom is -0.329 e. The smallest absolute Gasteiger partial charge is 0.0224 e. The van der Waals surface area contributed by atoms with E-state index in [-0.39, 0.29) is 0 Å². The van der Waals surface area contributed by atoms with Crippen molar-refractivity contribution in [3.8, 4) is 0 Å². The van der Waals surface area contributed by atoms with Crippen LogP contribution in [0, 0.1) is 11.8 Å². The van der Waals surface area contributed by atoms with Crippen molar-refractivity contribution in [2.45, 2.75) is 77.4 Å². The van der Waals surface area contributed by atoms with Gasteiger partial charge in [0.15, 0.2) is 0 Å². The average molecular weight is 238 g/mol. The van der Waals surface area contributed by atoms with Crippen LogP contribution in [-0.4, -0.2) is 29.6 Å². The molecule has 5 unspecified atom stereocenters. The van der Waals surface area contributed by atoms with Crippen LogP contribution >= 0.6 is 0 Å². The fraction of sp³-hybridized carbons (Fsp3) is 1.00. The zero-order chi connectivity index (χ0) is 12.4. The van der Waals surface area contributed by atoms with E-state index >= 15 is 0 Å². The van der Waals surface area contributed by atoms with E-state index in [1.54, 1.807) is 0 Å². The molecule has 2 nitrogen and oxygen atoms in total. The van der Waals surface area contributed by atoms with Crippen LogP contribution in [0.15, 0.2) is 0 Å². The summed E-state index contributed by atoms with van der Waals surface area (Å²) in [7, 11) is 0. The largest absolute Gasteiger partial charge is 0.329 e. The Kier molecular flexibility index (Phi) is 4.48. The Morgan fingerprint density at radius 3 is 2.41 bits per heavy atom. The summed E-state index contributed by atoms with van der Waals surface area (Å²) < 4.78 is 0. The molecule has 0 spiro atoms. The average Bonchev–Trinajstić information content (AvgIpc) is 2.32. The molecule has 0 amide bonds. The van der Waals surface area contributed by atoms with E-state index < -0.39 is 0 Å². The van der Waals surface area contributed by atoms with Gasteiger partial charge in [-0.3, -0.25) is 4.90 Å². The first-order chi connectivity index (χ1) is 8.13. The number of rotatable bonds is 2. The van der Waals surface area contributed by atoms with Crippen LogP contribution < -0.4 is 5.73 Å². The Morgan fingerprint density at radius 1 is 1.00 bits per heavy atom. The molecule has 2 aliphatic rings. The first-order valence-corrected chi connectivity index (χ1v) is 7.61. The molecule has 100 valence electrons. The summed E-state index contributed by atoms with van der Waals surface area (Å²) >= 11 is 0. The lowest BCUT2D eigenvalue weighted by Crippen LogP contribution is -2.55. The quantitative estimate of drug-likeness (QED) is 0.801. The predicted octanol–water partition coefficient (Wildman–Crippen LogP) is 3.01. The Bertz CT molecular complexity index is 241. The van der Waals surface area contributed by atoms with Crippen LogP contribution in [0.5, 0.6) is 0 Å². The van der Waals surface area contributed by atoms with Crippen molar-refractivity contribution < 1.29 is 0 Å². The van der Waals surface area contributed by atoms with E-state index in [0.717, 1.165) is 30.5 Å². The van der Waals surface area contributed by atoms with E-state index in [9.17, 15) is 0 Å². The lowest BCUT2D eigenvalue weighted by Gasteiger charge is -2.48. The van der Waals surface area contributed by atoms with Gasteiger partial charge in [-0.1, -0.05) is 20.3 Å². The molecule has 1 heterocycles. The summed E-state index contributed by atoms with van der Waals surface area (Å²) in [5.41, 5.74) is 5.98. The van der Waals surface area contributed by atoms with Gasteiger partial charge < -0.3 is 5.73 Å². The van der Waals surface area contributed by atoms with E-state index in [1.807, 2.05) is 0 Å². The second-order valence-corrected chi connectivity index (χ2v) is 6.54. The topological polar surface area (TPSA) is 29.3 Å². The van der Waals surface area contributed by atoms with E-state index in [1.165, 1.54) is 38.5 Å². The lowest BCUT2D eigenvalue weighted by atomic mass is 9.77. The molecule has 1 saturated heterocycles. The van der Waals surface area contributed by atoms with Crippen LogP contribution in [-0.2, 0) is 0 Å². The van der Waals surface area contributed by atoms with Gasteiger partial charge in [-0.05, 0) is 50.9 Å². The monoisotopic (exact) mass is 238 g/mol. The van der Waals surface area contributed by atoms with Gasteiger partial charge in [-0.2, -0.15) is 0 Å². The van der Waals surface area contributed by atoms with Crippen molar-refractivity contribution in [2.75, 3.05) is 6.54 Å². The van der Waals surface area contributed by atoms with Crippen molar-refractivity contribution in [1.82, 2.24) is 4.90 Å². The van der Waals surface area contributed by atoms with Crippen molar-refractivity contribution in [3.63, 3.8) is 0 Å². The van der Waals surface area contributed by atoms with Crippen molar-refractivity contribution in [1.29, 1.82) is 0 Å². The summed E-state index contributed by atoms with van der Waals surface area (Å²) in [6.07, 6.45) is 8.26. The van der Waals surface area contributed by atoms with Gasteiger partial charge in [0.05, 0.1) is 0 Å². The highest BCUT2D eigenvalue weighted by atomic mass is 15.2. The van der Waals surface area contributed by atoms with Crippen LogP contribution in [0.2, 0.25) is 0 Å². The second kappa shape index (κ2) is 5.71. The van der Waals surface area contributed by atoms with Crippen LogP contribution in [0.3, 0.4) is 0 Å². The zero-order valence-corrected chi connectivity index (χ0v) is 11.9. The molecule has 1 saturated carbocycles. The molecule has 2 N–H and O–H groups in total. The number of hydrogen-bond acceptors (Lipinski definition) is 2. The Labute approximate surface area is 107 Å². The molecular weight excluding hydrogens is 208 g/mol. The summed E-state index contributed by atoms with van der Waals surface area (Å²) in [6.45, 7) is 8.11. The predicted molar refractivity (Wildman–Crippen MR) is 74.0 cm³/mol. The molecule has 0 aromatic rings. The number of hydrogen-bond donors (Lipinski definition) is 1. The maximum Gasteiger partial charge on any atom is 0.0224 e. The third-order valence-electron chi connectivity index (χ3n) is 5.35. The van der Waals surface area contributed by atoms with Crippen molar-refractivity contribution in [2.24, 2.45) is 17.6 Å². The van der Waals surface area contributed by atoms with Gasteiger partial charge in [0.25, 0.3) is 0 Å². The van der Waals surface area contributed by atoms with Crippen LogP contribution in [0.1, 0.15) is 59.3 Å². The third-order valence-corrected chi connectivity index (χ3v) is 5.35. The van der Waals surface area contributed by atoms with Gasteiger partial charge in [0.2, 0.25) is 0 Å². The molecule has 0 radical (unpaired) electrons. The third kappa shape index (κ3) is 2.85. The highest BCUT2D eigenvalue weighted by molar-refractivity contribution is 4.91. The normalized spacial score (nSPS) is 44.8.